The van der Waals surface area contributed by atoms with E-state index < -0.39 is 49.6 Å². The Hall–Kier alpha value is -2.25. The molecule has 0 saturated carbocycles. The first-order valence-corrected chi connectivity index (χ1v) is 8.07. The standard InChI is InChI=1S/C17H18F3NO4/c18-17(19,20)14-8-21(7-13(14)16(23)24)15(22)9-25-12-5-4-10-2-1-3-11(10)6-12/h4-6,13-14H,1-3,7-9H2,(H,23,24)/t13-,14-/m1/s1. The summed E-state index contributed by atoms with van der Waals surface area (Å²) in [6, 6.07) is 5.51. The number of carboxylic acid groups (broad SMARTS) is 1. The number of alkyl halides is 3. The van der Waals surface area contributed by atoms with E-state index in [-0.39, 0.29) is 0 Å². The Morgan fingerprint density at radius 2 is 1.92 bits per heavy atom. The van der Waals surface area contributed by atoms with Crippen molar-refractivity contribution in [3.8, 4) is 5.75 Å². The number of carboxylic acids is 1. The molecule has 5 nitrogen and oxygen atoms in total. The van der Waals surface area contributed by atoms with Crippen LogP contribution in [0.5, 0.6) is 5.75 Å². The maximum atomic E-state index is 13.0. The summed E-state index contributed by atoms with van der Waals surface area (Å²) in [6.45, 7) is -1.51. The number of nitrogens with zero attached hydrogens (tertiary/aromatic N) is 1. The van der Waals surface area contributed by atoms with Crippen molar-refractivity contribution in [3.05, 3.63) is 29.3 Å². The lowest BCUT2D eigenvalue weighted by molar-refractivity contribution is -0.188. The van der Waals surface area contributed by atoms with Crippen LogP contribution in [0.4, 0.5) is 13.2 Å². The molecule has 0 radical (unpaired) electrons. The molecule has 1 N–H and O–H groups in total. The van der Waals surface area contributed by atoms with Gasteiger partial charge in [-0.1, -0.05) is 6.07 Å². The molecule has 0 spiro atoms. The Kier molecular flexibility index (Phi) is 4.62. The number of aliphatic carboxylic acids is 1. The summed E-state index contributed by atoms with van der Waals surface area (Å²) in [5.41, 5.74) is 2.41. The molecule has 3 rings (SSSR count). The highest BCUT2D eigenvalue weighted by Crippen LogP contribution is 2.37. The molecule has 1 saturated heterocycles. The summed E-state index contributed by atoms with van der Waals surface area (Å²) in [5.74, 6) is -5.37. The number of benzene rings is 1. The minimum Gasteiger partial charge on any atom is -0.484 e. The Balaban J connectivity index is 1.61. The molecule has 0 unspecified atom stereocenters. The van der Waals surface area contributed by atoms with Crippen LogP contribution < -0.4 is 4.74 Å². The number of hydrogen-bond acceptors (Lipinski definition) is 3. The smallest absolute Gasteiger partial charge is 0.394 e. The SMILES string of the molecule is O=C(O)[C@@H]1CN(C(=O)COc2ccc3c(c2)CCC3)C[C@H]1C(F)(F)F. The van der Waals surface area contributed by atoms with Crippen molar-refractivity contribution < 1.29 is 32.6 Å². The fourth-order valence-electron chi connectivity index (χ4n) is 3.46. The molecule has 1 heterocycles. The minimum atomic E-state index is -4.65. The summed E-state index contributed by atoms with van der Waals surface area (Å²) < 4.78 is 44.3. The molecule has 1 aliphatic carbocycles. The summed E-state index contributed by atoms with van der Waals surface area (Å²) in [7, 11) is 0. The van der Waals surface area contributed by atoms with Crippen molar-refractivity contribution in [3.63, 3.8) is 0 Å². The zero-order valence-electron chi connectivity index (χ0n) is 13.4. The van der Waals surface area contributed by atoms with E-state index in [0.717, 1.165) is 29.7 Å². The van der Waals surface area contributed by atoms with Gasteiger partial charge in [0.2, 0.25) is 0 Å². The number of ether oxygens (including phenoxy) is 1. The third-order valence-electron chi connectivity index (χ3n) is 4.84. The predicted octanol–water partition coefficient (Wildman–Crippen LogP) is 2.28. The van der Waals surface area contributed by atoms with Crippen LogP contribution in [0.3, 0.4) is 0 Å². The maximum absolute atomic E-state index is 13.0. The van der Waals surface area contributed by atoms with Crippen LogP contribution in [-0.2, 0) is 22.4 Å². The largest absolute Gasteiger partial charge is 0.484 e. The first-order valence-electron chi connectivity index (χ1n) is 8.07. The van der Waals surface area contributed by atoms with Crippen molar-refractivity contribution in [2.24, 2.45) is 11.8 Å². The van der Waals surface area contributed by atoms with E-state index in [1.165, 1.54) is 5.56 Å². The molecule has 0 aromatic heterocycles. The van der Waals surface area contributed by atoms with Gasteiger partial charge < -0.3 is 14.7 Å². The van der Waals surface area contributed by atoms with Crippen molar-refractivity contribution in [2.75, 3.05) is 19.7 Å². The van der Waals surface area contributed by atoms with E-state index >= 15 is 0 Å². The number of halogens is 3. The van der Waals surface area contributed by atoms with Gasteiger partial charge in [0.25, 0.3) is 5.91 Å². The molecule has 136 valence electrons. The molecule has 2 atom stereocenters. The van der Waals surface area contributed by atoms with Crippen LogP contribution in [-0.4, -0.2) is 47.8 Å². The number of amides is 1. The highest BCUT2D eigenvalue weighted by atomic mass is 19.4. The van der Waals surface area contributed by atoms with E-state index in [4.69, 9.17) is 9.84 Å². The van der Waals surface area contributed by atoms with Gasteiger partial charge in [-0.2, -0.15) is 13.2 Å². The quantitative estimate of drug-likeness (QED) is 0.898. The van der Waals surface area contributed by atoms with Crippen molar-refractivity contribution in [1.82, 2.24) is 4.90 Å². The van der Waals surface area contributed by atoms with Gasteiger partial charge in [0.05, 0.1) is 11.8 Å². The third kappa shape index (κ3) is 3.72. The van der Waals surface area contributed by atoms with Gasteiger partial charge in [-0.05, 0) is 42.5 Å². The second-order valence-electron chi connectivity index (χ2n) is 6.46. The van der Waals surface area contributed by atoms with E-state index in [0.29, 0.717) is 5.75 Å². The summed E-state index contributed by atoms with van der Waals surface area (Å²) in [4.78, 5) is 24.1. The average Bonchev–Trinajstić information content (AvgIpc) is 3.18. The van der Waals surface area contributed by atoms with E-state index in [9.17, 15) is 22.8 Å². The lowest BCUT2D eigenvalue weighted by Crippen LogP contribution is -2.35. The van der Waals surface area contributed by atoms with Gasteiger partial charge in [-0.3, -0.25) is 9.59 Å². The number of carbonyl (C=O) groups excluding carboxylic acids is 1. The maximum Gasteiger partial charge on any atom is 0.394 e. The lowest BCUT2D eigenvalue weighted by Gasteiger charge is -2.18. The second kappa shape index (κ2) is 6.57. The van der Waals surface area contributed by atoms with Crippen molar-refractivity contribution in [1.29, 1.82) is 0 Å². The lowest BCUT2D eigenvalue weighted by atomic mass is 9.96. The highest BCUT2D eigenvalue weighted by Gasteiger charge is 2.53. The Bertz CT molecular complexity index is 689. The Morgan fingerprint density at radius 3 is 2.56 bits per heavy atom. The van der Waals surface area contributed by atoms with E-state index in [1.807, 2.05) is 12.1 Å². The summed E-state index contributed by atoms with van der Waals surface area (Å²) in [5, 5.41) is 8.97. The first-order chi connectivity index (χ1) is 11.8. The second-order valence-corrected chi connectivity index (χ2v) is 6.46. The number of fused-ring (bicyclic) bond motifs is 1. The molecule has 1 amide bonds. The molecular weight excluding hydrogens is 339 g/mol. The van der Waals surface area contributed by atoms with Crippen molar-refractivity contribution in [2.45, 2.75) is 25.4 Å². The van der Waals surface area contributed by atoms with Gasteiger partial charge in [0.1, 0.15) is 5.75 Å². The predicted molar refractivity (Wildman–Crippen MR) is 81.2 cm³/mol. The number of aryl methyl sites for hydroxylation is 2. The fraction of sp³-hybridized carbons (Fsp3) is 0.529. The molecule has 8 heteroatoms. The Labute approximate surface area is 142 Å². The molecule has 1 aromatic carbocycles. The van der Waals surface area contributed by atoms with Gasteiger partial charge in [0, 0.05) is 13.1 Å². The number of likely N-dealkylation sites (tertiary alicyclic amines) is 1. The van der Waals surface area contributed by atoms with Gasteiger partial charge >= 0.3 is 12.1 Å². The van der Waals surface area contributed by atoms with E-state index in [2.05, 4.69) is 0 Å². The van der Waals surface area contributed by atoms with E-state index in [1.54, 1.807) is 6.07 Å². The van der Waals surface area contributed by atoms with Crippen LogP contribution in [0.2, 0.25) is 0 Å². The molecule has 2 aliphatic rings. The Morgan fingerprint density at radius 1 is 1.20 bits per heavy atom. The molecule has 1 aliphatic heterocycles. The molecule has 25 heavy (non-hydrogen) atoms. The first kappa shape index (κ1) is 17.6. The molecule has 0 bridgehead atoms. The molecular formula is C17H18F3NO4. The van der Waals surface area contributed by atoms with Gasteiger partial charge in [-0.25, -0.2) is 0 Å². The normalized spacial score (nSPS) is 22.8. The number of carbonyl (C=O) groups is 2. The van der Waals surface area contributed by atoms with Crippen LogP contribution in [0, 0.1) is 11.8 Å². The van der Waals surface area contributed by atoms with Crippen LogP contribution in [0.15, 0.2) is 18.2 Å². The van der Waals surface area contributed by atoms with Gasteiger partial charge in [-0.15, -0.1) is 0 Å². The minimum absolute atomic E-state index is 0.407. The van der Waals surface area contributed by atoms with Crippen LogP contribution in [0.25, 0.3) is 0 Å². The molecule has 1 aromatic rings. The van der Waals surface area contributed by atoms with Gasteiger partial charge in [0.15, 0.2) is 6.61 Å². The number of hydrogen-bond donors (Lipinski definition) is 1. The number of rotatable bonds is 4. The van der Waals surface area contributed by atoms with Crippen LogP contribution in [0.1, 0.15) is 17.5 Å². The zero-order valence-corrected chi connectivity index (χ0v) is 13.4. The van der Waals surface area contributed by atoms with Crippen molar-refractivity contribution >= 4 is 11.9 Å². The van der Waals surface area contributed by atoms with Crippen LogP contribution >= 0.6 is 0 Å². The average molecular weight is 357 g/mol. The monoisotopic (exact) mass is 357 g/mol. The molecule has 1 fully saturated rings. The summed E-state index contributed by atoms with van der Waals surface area (Å²) >= 11 is 0. The zero-order chi connectivity index (χ0) is 18.2. The highest BCUT2D eigenvalue weighted by molar-refractivity contribution is 5.80. The topological polar surface area (TPSA) is 66.8 Å². The summed E-state index contributed by atoms with van der Waals surface area (Å²) in [6.07, 6.45) is -1.63. The fourth-order valence-corrected chi connectivity index (χ4v) is 3.46. The third-order valence-corrected chi connectivity index (χ3v) is 4.84.